The zero-order valence-electron chi connectivity index (χ0n) is 10.5. The van der Waals surface area contributed by atoms with Gasteiger partial charge in [0.2, 0.25) is 0 Å². The number of aliphatic hydroxyl groups is 2. The third kappa shape index (κ3) is 2.69. The van der Waals surface area contributed by atoms with E-state index in [1.54, 1.807) is 13.8 Å². The van der Waals surface area contributed by atoms with Crippen LogP contribution in [0.4, 0.5) is 13.2 Å². The van der Waals surface area contributed by atoms with Crippen LogP contribution in [0.1, 0.15) is 31.1 Å². The molecule has 19 heavy (non-hydrogen) atoms. The number of halogens is 3. The summed E-state index contributed by atoms with van der Waals surface area (Å²) in [5, 5.41) is 19.1. The number of ether oxygens (including phenoxy) is 1. The van der Waals surface area contributed by atoms with E-state index in [0.29, 0.717) is 11.3 Å². The van der Waals surface area contributed by atoms with Gasteiger partial charge in [0, 0.05) is 6.42 Å². The molecule has 6 heteroatoms. The number of rotatable bonds is 1. The van der Waals surface area contributed by atoms with Crippen LogP contribution >= 0.6 is 0 Å². The molecule has 2 atom stereocenters. The number of hydrogen-bond donors (Lipinski definition) is 2. The van der Waals surface area contributed by atoms with Crippen molar-refractivity contribution in [3.63, 3.8) is 0 Å². The Balaban J connectivity index is 2.34. The third-order valence-electron chi connectivity index (χ3n) is 3.30. The second-order valence-corrected chi connectivity index (χ2v) is 5.24. The highest BCUT2D eigenvalue weighted by molar-refractivity contribution is 5.41. The van der Waals surface area contributed by atoms with E-state index in [9.17, 15) is 23.4 Å². The molecule has 2 N–H and O–H groups in total. The predicted octanol–water partition coefficient (Wildman–Crippen LogP) is 2.36. The maximum Gasteiger partial charge on any atom is 0.418 e. The summed E-state index contributed by atoms with van der Waals surface area (Å²) in [4.78, 5) is 0. The van der Waals surface area contributed by atoms with Crippen LogP contribution in [-0.4, -0.2) is 28.1 Å². The lowest BCUT2D eigenvalue weighted by Crippen LogP contribution is -2.46. The van der Waals surface area contributed by atoms with E-state index in [4.69, 9.17) is 4.74 Å². The Morgan fingerprint density at radius 3 is 2.58 bits per heavy atom. The van der Waals surface area contributed by atoms with Gasteiger partial charge in [-0.05, 0) is 37.1 Å². The molecule has 1 heterocycles. The van der Waals surface area contributed by atoms with E-state index < -0.39 is 24.0 Å². The van der Waals surface area contributed by atoms with Crippen LogP contribution in [-0.2, 0) is 6.42 Å². The minimum Gasteiger partial charge on any atom is -0.485 e. The van der Waals surface area contributed by atoms with E-state index in [0.717, 1.165) is 0 Å². The molecule has 0 saturated heterocycles. The van der Waals surface area contributed by atoms with E-state index in [1.165, 1.54) is 18.2 Å². The largest absolute Gasteiger partial charge is 0.485 e. The van der Waals surface area contributed by atoms with Gasteiger partial charge in [-0.2, -0.15) is 13.2 Å². The van der Waals surface area contributed by atoms with E-state index in [1.807, 2.05) is 0 Å². The normalized spacial score (nSPS) is 23.4. The van der Waals surface area contributed by atoms with Gasteiger partial charge >= 0.3 is 6.18 Å². The van der Waals surface area contributed by atoms with Crippen molar-refractivity contribution < 1.29 is 28.1 Å². The minimum atomic E-state index is -4.71. The third-order valence-corrected chi connectivity index (χ3v) is 3.30. The number of fused-ring (bicyclic) bond motifs is 1. The number of aliphatic hydroxyl groups excluding tert-OH is 2. The Hall–Kier alpha value is -1.27. The van der Waals surface area contributed by atoms with E-state index in [2.05, 4.69) is 0 Å². The molecule has 0 fully saturated rings. The first kappa shape index (κ1) is 14.1. The van der Waals surface area contributed by atoms with E-state index in [-0.39, 0.29) is 12.0 Å². The van der Waals surface area contributed by atoms with Crippen LogP contribution in [0.3, 0.4) is 0 Å². The molecule has 1 aliphatic heterocycles. The van der Waals surface area contributed by atoms with Crippen molar-refractivity contribution in [2.75, 3.05) is 0 Å². The SMILES string of the molecule is CC1(C)Oc2ccc(C(O)C(F)(F)F)cc2CC1O. The topological polar surface area (TPSA) is 49.7 Å². The molecule has 2 rings (SSSR count). The monoisotopic (exact) mass is 276 g/mol. The van der Waals surface area contributed by atoms with Crippen molar-refractivity contribution in [3.8, 4) is 5.75 Å². The summed E-state index contributed by atoms with van der Waals surface area (Å²) in [7, 11) is 0. The van der Waals surface area contributed by atoms with Gasteiger partial charge in [0.05, 0.1) is 6.10 Å². The quantitative estimate of drug-likeness (QED) is 0.828. The average molecular weight is 276 g/mol. The lowest BCUT2D eigenvalue weighted by atomic mass is 9.90. The lowest BCUT2D eigenvalue weighted by Gasteiger charge is -2.37. The van der Waals surface area contributed by atoms with Crippen LogP contribution in [0.25, 0.3) is 0 Å². The minimum absolute atomic E-state index is 0.195. The van der Waals surface area contributed by atoms with Crippen LogP contribution < -0.4 is 4.74 Å². The highest BCUT2D eigenvalue weighted by Crippen LogP contribution is 2.38. The molecule has 0 amide bonds. The van der Waals surface area contributed by atoms with Crippen molar-refractivity contribution in [3.05, 3.63) is 29.3 Å². The lowest BCUT2D eigenvalue weighted by molar-refractivity contribution is -0.206. The molecular weight excluding hydrogens is 261 g/mol. The zero-order chi connectivity index (χ0) is 14.4. The van der Waals surface area contributed by atoms with Gasteiger partial charge in [0.15, 0.2) is 6.10 Å². The van der Waals surface area contributed by atoms with Gasteiger partial charge in [-0.1, -0.05) is 6.07 Å². The molecule has 0 spiro atoms. The fraction of sp³-hybridized carbons (Fsp3) is 0.538. The fourth-order valence-corrected chi connectivity index (χ4v) is 2.02. The maximum atomic E-state index is 12.4. The molecule has 2 unspecified atom stereocenters. The van der Waals surface area contributed by atoms with Gasteiger partial charge in [0.25, 0.3) is 0 Å². The summed E-state index contributed by atoms with van der Waals surface area (Å²) < 4.78 is 42.8. The summed E-state index contributed by atoms with van der Waals surface area (Å²) in [6.45, 7) is 3.41. The van der Waals surface area contributed by atoms with Crippen molar-refractivity contribution in [2.45, 2.75) is 44.3 Å². The molecule has 106 valence electrons. The first-order valence-electron chi connectivity index (χ1n) is 5.86. The van der Waals surface area contributed by atoms with E-state index >= 15 is 0 Å². The standard InChI is InChI=1S/C13H15F3O3/c1-12(2)10(17)6-8-5-7(3-4-9(8)19-12)11(18)13(14,15)16/h3-5,10-11,17-18H,6H2,1-2H3. The molecule has 0 bridgehead atoms. The Morgan fingerprint density at radius 1 is 1.37 bits per heavy atom. The van der Waals surface area contributed by atoms with Crippen LogP contribution in [0.5, 0.6) is 5.75 Å². The molecular formula is C13H15F3O3. The number of alkyl halides is 3. The van der Waals surface area contributed by atoms with Crippen LogP contribution in [0.15, 0.2) is 18.2 Å². The van der Waals surface area contributed by atoms with Gasteiger partial charge in [-0.25, -0.2) is 0 Å². The fourth-order valence-electron chi connectivity index (χ4n) is 2.02. The van der Waals surface area contributed by atoms with Crippen molar-refractivity contribution in [2.24, 2.45) is 0 Å². The summed E-state index contributed by atoms with van der Waals surface area (Å²) in [5.74, 6) is 0.438. The summed E-state index contributed by atoms with van der Waals surface area (Å²) in [6, 6.07) is 3.81. The molecule has 3 nitrogen and oxygen atoms in total. The zero-order valence-corrected chi connectivity index (χ0v) is 10.5. The van der Waals surface area contributed by atoms with Gasteiger partial charge in [0.1, 0.15) is 11.4 Å². The van der Waals surface area contributed by atoms with Crippen LogP contribution in [0, 0.1) is 0 Å². The highest BCUT2D eigenvalue weighted by Gasteiger charge is 2.41. The van der Waals surface area contributed by atoms with Gasteiger partial charge in [-0.3, -0.25) is 0 Å². The summed E-state index contributed by atoms with van der Waals surface area (Å²) in [5.41, 5.74) is -0.564. The molecule has 0 saturated carbocycles. The second kappa shape index (κ2) is 4.38. The molecule has 0 radical (unpaired) electrons. The summed E-state index contributed by atoms with van der Waals surface area (Å²) in [6.07, 6.45) is -7.84. The Bertz CT molecular complexity index is 483. The molecule has 1 aromatic rings. The Labute approximate surface area is 108 Å². The van der Waals surface area contributed by atoms with Crippen LogP contribution in [0.2, 0.25) is 0 Å². The first-order chi connectivity index (χ1) is 8.61. The molecule has 1 aliphatic rings. The average Bonchev–Trinajstić information content (AvgIpc) is 2.27. The van der Waals surface area contributed by atoms with Gasteiger partial charge < -0.3 is 14.9 Å². The molecule has 1 aromatic carbocycles. The Morgan fingerprint density at radius 2 is 2.00 bits per heavy atom. The molecule has 0 aliphatic carbocycles. The number of hydrogen-bond acceptors (Lipinski definition) is 3. The van der Waals surface area contributed by atoms with Gasteiger partial charge in [-0.15, -0.1) is 0 Å². The maximum absolute atomic E-state index is 12.4. The smallest absolute Gasteiger partial charge is 0.418 e. The Kier molecular flexibility index (Phi) is 3.26. The van der Waals surface area contributed by atoms with Crippen molar-refractivity contribution in [1.82, 2.24) is 0 Å². The number of benzene rings is 1. The second-order valence-electron chi connectivity index (χ2n) is 5.24. The van der Waals surface area contributed by atoms with Crippen molar-refractivity contribution in [1.29, 1.82) is 0 Å². The van der Waals surface area contributed by atoms with Crippen molar-refractivity contribution >= 4 is 0 Å². The first-order valence-corrected chi connectivity index (χ1v) is 5.86. The summed E-state index contributed by atoms with van der Waals surface area (Å²) >= 11 is 0. The molecule has 0 aromatic heterocycles. The predicted molar refractivity (Wildman–Crippen MR) is 61.9 cm³/mol. The highest BCUT2D eigenvalue weighted by atomic mass is 19.4.